The Morgan fingerprint density at radius 1 is 1.40 bits per heavy atom. The van der Waals surface area contributed by atoms with Gasteiger partial charge in [0.15, 0.2) is 0 Å². The highest BCUT2D eigenvalue weighted by atomic mass is 79.9. The molecule has 0 amide bonds. The molecule has 0 aromatic carbocycles. The number of nitrogens with zero attached hydrogens (tertiary/aromatic N) is 1. The van der Waals surface area contributed by atoms with Gasteiger partial charge < -0.3 is 5.73 Å². The zero-order valence-electron chi connectivity index (χ0n) is 11.0. The van der Waals surface area contributed by atoms with Gasteiger partial charge in [-0.3, -0.25) is 4.72 Å². The van der Waals surface area contributed by atoms with Crippen molar-refractivity contribution in [2.75, 3.05) is 4.72 Å². The molecule has 0 aliphatic rings. The summed E-state index contributed by atoms with van der Waals surface area (Å²) in [6.07, 6.45) is 0. The molecule has 108 valence electrons. The number of nitrogens with two attached hydrogens (primary N) is 1. The summed E-state index contributed by atoms with van der Waals surface area (Å²) in [5.41, 5.74) is 7.00. The van der Waals surface area contributed by atoms with Gasteiger partial charge >= 0.3 is 0 Å². The molecule has 3 N–H and O–H groups in total. The summed E-state index contributed by atoms with van der Waals surface area (Å²) in [4.78, 5) is 5.09. The Labute approximate surface area is 130 Å². The molecular weight excluding hydrogens is 362 g/mol. The van der Waals surface area contributed by atoms with E-state index in [-0.39, 0.29) is 11.4 Å². The van der Waals surface area contributed by atoms with Gasteiger partial charge in [-0.05, 0) is 52.9 Å². The molecule has 0 fully saturated rings. The lowest BCUT2D eigenvalue weighted by Crippen LogP contribution is -2.16. The van der Waals surface area contributed by atoms with Crippen LogP contribution in [-0.4, -0.2) is 13.4 Å². The lowest BCUT2D eigenvalue weighted by molar-refractivity contribution is 0.600. The number of sulfonamides is 1. The maximum absolute atomic E-state index is 12.4. The average Bonchev–Trinajstić information content (AvgIpc) is 2.75. The molecule has 8 heteroatoms. The van der Waals surface area contributed by atoms with E-state index >= 15 is 0 Å². The topological polar surface area (TPSA) is 85.1 Å². The smallest absolute Gasteiger partial charge is 0.264 e. The normalized spacial score (nSPS) is 11.6. The molecule has 0 unspecified atom stereocenters. The first-order valence-corrected chi connectivity index (χ1v) is 8.93. The third-order valence-electron chi connectivity index (χ3n) is 2.70. The van der Waals surface area contributed by atoms with Crippen LogP contribution in [0, 0.1) is 13.8 Å². The number of aryl methyl sites for hydroxylation is 2. The second-order valence-corrected chi connectivity index (χ2v) is 7.68. The molecule has 0 saturated heterocycles. The second kappa shape index (κ2) is 5.80. The van der Waals surface area contributed by atoms with E-state index in [0.717, 1.165) is 4.47 Å². The molecule has 0 spiro atoms. The number of pyridine rings is 1. The molecule has 0 radical (unpaired) electrons. The van der Waals surface area contributed by atoms with Crippen molar-refractivity contribution in [2.24, 2.45) is 5.73 Å². The van der Waals surface area contributed by atoms with E-state index in [1.807, 2.05) is 0 Å². The van der Waals surface area contributed by atoms with Crippen molar-refractivity contribution < 1.29 is 8.42 Å². The van der Waals surface area contributed by atoms with Crippen LogP contribution in [0.5, 0.6) is 0 Å². The summed E-state index contributed by atoms with van der Waals surface area (Å²) in [5.74, 6) is 0.291. The van der Waals surface area contributed by atoms with Crippen LogP contribution in [0.25, 0.3) is 0 Å². The molecule has 2 rings (SSSR count). The molecular formula is C12H14BrN3O2S2. The third-order valence-corrected chi connectivity index (χ3v) is 6.38. The van der Waals surface area contributed by atoms with E-state index in [0.29, 0.717) is 22.0 Å². The number of thiophene rings is 1. The molecule has 0 aliphatic heterocycles. The van der Waals surface area contributed by atoms with Gasteiger partial charge in [0, 0.05) is 15.9 Å². The fourth-order valence-corrected chi connectivity index (χ4v) is 4.71. The molecule has 0 atom stereocenters. The lowest BCUT2D eigenvalue weighted by Gasteiger charge is -2.10. The molecule has 5 nitrogen and oxygen atoms in total. The van der Waals surface area contributed by atoms with E-state index in [1.165, 1.54) is 11.3 Å². The maximum atomic E-state index is 12.4. The van der Waals surface area contributed by atoms with Crippen LogP contribution in [0.2, 0.25) is 0 Å². The van der Waals surface area contributed by atoms with Crippen molar-refractivity contribution in [1.29, 1.82) is 0 Å². The van der Waals surface area contributed by atoms with Gasteiger partial charge in [-0.15, -0.1) is 11.3 Å². The minimum absolute atomic E-state index is 0.196. The van der Waals surface area contributed by atoms with Crippen molar-refractivity contribution >= 4 is 43.1 Å². The minimum Gasteiger partial charge on any atom is -0.326 e. The molecule has 2 heterocycles. The van der Waals surface area contributed by atoms with Crippen LogP contribution in [0.4, 0.5) is 5.82 Å². The van der Waals surface area contributed by atoms with E-state index < -0.39 is 10.0 Å². The predicted molar refractivity (Wildman–Crippen MR) is 84.4 cm³/mol. The first-order chi connectivity index (χ1) is 9.35. The quantitative estimate of drug-likeness (QED) is 0.859. The van der Waals surface area contributed by atoms with Crippen molar-refractivity contribution in [3.8, 4) is 0 Å². The Hall–Kier alpha value is -0.960. The van der Waals surface area contributed by atoms with Crippen LogP contribution >= 0.6 is 27.3 Å². The van der Waals surface area contributed by atoms with Gasteiger partial charge in [0.05, 0.1) is 5.69 Å². The van der Waals surface area contributed by atoms with Crippen LogP contribution in [0.15, 0.2) is 26.9 Å². The van der Waals surface area contributed by atoms with Gasteiger partial charge in [-0.25, -0.2) is 13.4 Å². The Bertz CT molecular complexity index is 741. The molecule has 2 aromatic rings. The highest BCUT2D eigenvalue weighted by Crippen LogP contribution is 2.28. The van der Waals surface area contributed by atoms with Crippen molar-refractivity contribution in [1.82, 2.24) is 4.98 Å². The van der Waals surface area contributed by atoms with Gasteiger partial charge in [0.25, 0.3) is 10.0 Å². The monoisotopic (exact) mass is 375 g/mol. The first kappa shape index (κ1) is 15.4. The van der Waals surface area contributed by atoms with Gasteiger partial charge in [-0.2, -0.15) is 0 Å². The predicted octanol–water partition coefficient (Wildman–Crippen LogP) is 2.78. The molecule has 20 heavy (non-hydrogen) atoms. The number of halogens is 1. The Balaban J connectivity index is 2.40. The maximum Gasteiger partial charge on any atom is 0.264 e. The fraction of sp³-hybridized carbons (Fsp3) is 0.250. The van der Waals surface area contributed by atoms with Gasteiger partial charge in [0.2, 0.25) is 0 Å². The summed E-state index contributed by atoms with van der Waals surface area (Å²) in [7, 11) is -3.67. The summed E-state index contributed by atoms with van der Waals surface area (Å²) in [6, 6.07) is 3.36. The van der Waals surface area contributed by atoms with Crippen LogP contribution in [0.1, 0.15) is 16.1 Å². The minimum atomic E-state index is -3.67. The average molecular weight is 376 g/mol. The van der Waals surface area contributed by atoms with Crippen molar-refractivity contribution in [2.45, 2.75) is 25.3 Å². The Morgan fingerprint density at radius 2 is 2.10 bits per heavy atom. The molecule has 2 aromatic heterocycles. The van der Waals surface area contributed by atoms with E-state index in [2.05, 4.69) is 25.6 Å². The van der Waals surface area contributed by atoms with Crippen molar-refractivity contribution in [3.05, 3.63) is 38.1 Å². The summed E-state index contributed by atoms with van der Waals surface area (Å²) in [6.45, 7) is 3.75. The van der Waals surface area contributed by atoms with Crippen LogP contribution in [0.3, 0.4) is 0 Å². The number of rotatable bonds is 4. The summed E-state index contributed by atoms with van der Waals surface area (Å²) in [5, 5.41) is 1.79. The highest BCUT2D eigenvalue weighted by Gasteiger charge is 2.23. The van der Waals surface area contributed by atoms with E-state index in [1.54, 1.807) is 31.4 Å². The van der Waals surface area contributed by atoms with Gasteiger partial charge in [0.1, 0.15) is 10.7 Å². The first-order valence-electron chi connectivity index (χ1n) is 5.78. The summed E-state index contributed by atoms with van der Waals surface area (Å²) >= 11 is 4.67. The zero-order valence-corrected chi connectivity index (χ0v) is 14.2. The number of nitrogens with one attached hydrogen (secondary N) is 1. The number of anilines is 1. The van der Waals surface area contributed by atoms with Crippen LogP contribution in [-0.2, 0) is 16.6 Å². The highest BCUT2D eigenvalue weighted by molar-refractivity contribution is 9.10. The zero-order chi connectivity index (χ0) is 14.9. The second-order valence-electron chi connectivity index (χ2n) is 4.24. The lowest BCUT2D eigenvalue weighted by atomic mass is 10.3. The Kier molecular flexibility index (Phi) is 4.48. The molecule has 0 aliphatic carbocycles. The van der Waals surface area contributed by atoms with Gasteiger partial charge in [-0.1, -0.05) is 0 Å². The standard InChI is InChI=1S/C12H14BrN3O2S2/c1-7-6-19-10(5-14)12(7)20(17,18)16-11-4-3-9(13)8(2)15-11/h3-4,6H,5,14H2,1-2H3,(H,15,16). The third kappa shape index (κ3) is 3.03. The molecule has 0 saturated carbocycles. The SMILES string of the molecule is Cc1csc(CN)c1S(=O)(=O)Nc1ccc(Br)c(C)n1. The van der Waals surface area contributed by atoms with E-state index in [4.69, 9.17) is 5.73 Å². The molecule has 0 bridgehead atoms. The largest absolute Gasteiger partial charge is 0.326 e. The Morgan fingerprint density at radius 3 is 2.70 bits per heavy atom. The number of aromatic nitrogens is 1. The van der Waals surface area contributed by atoms with Crippen molar-refractivity contribution in [3.63, 3.8) is 0 Å². The number of hydrogen-bond donors (Lipinski definition) is 2. The number of hydrogen-bond acceptors (Lipinski definition) is 5. The summed E-state index contributed by atoms with van der Waals surface area (Å²) < 4.78 is 28.2. The van der Waals surface area contributed by atoms with E-state index in [9.17, 15) is 8.42 Å². The van der Waals surface area contributed by atoms with Crippen LogP contribution < -0.4 is 10.5 Å². The fourth-order valence-electron chi connectivity index (χ4n) is 1.78.